The predicted octanol–water partition coefficient (Wildman–Crippen LogP) is 2.70. The third-order valence-electron chi connectivity index (χ3n) is 1.96. The number of ether oxygens (including phenoxy) is 1. The largest absolute Gasteiger partial charge is 0.471 e. The average Bonchev–Trinajstić information content (AvgIpc) is 2.24. The molecule has 1 aromatic rings. The molecule has 0 unspecified atom stereocenters. The van der Waals surface area contributed by atoms with Gasteiger partial charge in [0.05, 0.1) is 4.47 Å². The van der Waals surface area contributed by atoms with Crippen molar-refractivity contribution in [3.8, 4) is 5.88 Å². The van der Waals surface area contributed by atoms with E-state index in [0.29, 0.717) is 10.4 Å². The van der Waals surface area contributed by atoms with E-state index in [1.165, 1.54) is 0 Å². The summed E-state index contributed by atoms with van der Waals surface area (Å²) in [6.07, 6.45) is 0.772. The molecule has 2 heterocycles. The van der Waals surface area contributed by atoms with Gasteiger partial charge in [0.2, 0.25) is 11.8 Å². The van der Waals surface area contributed by atoms with Crippen LogP contribution < -0.4 is 4.74 Å². The molecule has 0 N–H and O–H groups in total. The van der Waals surface area contributed by atoms with E-state index in [1.54, 1.807) is 6.07 Å². The van der Waals surface area contributed by atoms with Crippen LogP contribution in [0.15, 0.2) is 10.5 Å². The van der Waals surface area contributed by atoms with Crippen LogP contribution in [0.2, 0.25) is 0 Å². The van der Waals surface area contributed by atoms with E-state index in [0.717, 1.165) is 12.0 Å². The van der Waals surface area contributed by atoms with Gasteiger partial charge in [-0.15, -0.1) is 0 Å². The molecule has 1 aliphatic heterocycles. The van der Waals surface area contributed by atoms with Gasteiger partial charge < -0.3 is 4.74 Å². The van der Waals surface area contributed by atoms with Gasteiger partial charge in [-0.25, -0.2) is 0 Å². The summed E-state index contributed by atoms with van der Waals surface area (Å²) in [6, 6.07) is 1.73. The molecule has 1 aromatic heterocycles. The van der Waals surface area contributed by atoms with E-state index in [4.69, 9.17) is 4.74 Å². The molecule has 0 aliphatic carbocycles. The van der Waals surface area contributed by atoms with E-state index < -0.39 is 5.95 Å². The van der Waals surface area contributed by atoms with Crippen LogP contribution in [0.1, 0.15) is 19.4 Å². The molecule has 2 nitrogen and oxygen atoms in total. The lowest BCUT2D eigenvalue weighted by molar-refractivity contribution is 0.132. The van der Waals surface area contributed by atoms with Crippen LogP contribution in [0.4, 0.5) is 4.39 Å². The second kappa shape index (κ2) is 2.67. The maximum Gasteiger partial charge on any atom is 0.230 e. The predicted molar refractivity (Wildman–Crippen MR) is 50.3 cm³/mol. The molecule has 0 amide bonds. The summed E-state index contributed by atoms with van der Waals surface area (Å²) in [4.78, 5) is 3.71. The highest BCUT2D eigenvalue weighted by molar-refractivity contribution is 9.10. The van der Waals surface area contributed by atoms with Crippen molar-refractivity contribution in [1.29, 1.82) is 0 Å². The summed E-state index contributed by atoms with van der Waals surface area (Å²) in [5, 5.41) is 0. The summed E-state index contributed by atoms with van der Waals surface area (Å²) < 4.78 is 18.8. The van der Waals surface area contributed by atoms with Gasteiger partial charge in [-0.05, 0) is 35.8 Å². The maximum absolute atomic E-state index is 13.0. The molecule has 0 aromatic carbocycles. The number of aromatic nitrogens is 1. The third-order valence-corrected chi connectivity index (χ3v) is 2.52. The minimum absolute atomic E-state index is 0.261. The van der Waals surface area contributed by atoms with Crippen molar-refractivity contribution in [2.75, 3.05) is 0 Å². The molecule has 4 heteroatoms. The van der Waals surface area contributed by atoms with Gasteiger partial charge in [-0.2, -0.15) is 9.37 Å². The second-order valence-corrected chi connectivity index (χ2v) is 4.62. The summed E-state index contributed by atoms with van der Waals surface area (Å²) in [6.45, 7) is 3.92. The fourth-order valence-corrected chi connectivity index (χ4v) is 1.83. The topological polar surface area (TPSA) is 22.1 Å². The fraction of sp³-hybridized carbons (Fsp3) is 0.444. The van der Waals surface area contributed by atoms with E-state index >= 15 is 0 Å². The first-order valence-corrected chi connectivity index (χ1v) is 4.81. The van der Waals surface area contributed by atoms with Gasteiger partial charge in [0.25, 0.3) is 0 Å². The van der Waals surface area contributed by atoms with Crippen LogP contribution in [-0.2, 0) is 6.42 Å². The van der Waals surface area contributed by atoms with Crippen molar-refractivity contribution >= 4 is 15.9 Å². The standard InChI is InChI=1S/C9H9BrFNO/c1-9(2)4-5-3-6(10)7(11)12-8(5)13-9/h3H,4H2,1-2H3. The Labute approximate surface area is 84.3 Å². The third kappa shape index (κ3) is 1.55. The highest BCUT2D eigenvalue weighted by Crippen LogP contribution is 2.35. The van der Waals surface area contributed by atoms with Gasteiger partial charge in [0, 0.05) is 12.0 Å². The zero-order valence-corrected chi connectivity index (χ0v) is 8.98. The minimum Gasteiger partial charge on any atom is -0.471 e. The van der Waals surface area contributed by atoms with Crippen molar-refractivity contribution in [3.05, 3.63) is 22.1 Å². The first kappa shape index (κ1) is 8.94. The zero-order valence-electron chi connectivity index (χ0n) is 7.40. The zero-order chi connectivity index (χ0) is 9.64. The van der Waals surface area contributed by atoms with Crippen LogP contribution in [0, 0.1) is 5.95 Å². The Bertz CT molecular complexity index is 332. The summed E-state index contributed by atoms with van der Waals surface area (Å²) >= 11 is 3.09. The smallest absolute Gasteiger partial charge is 0.230 e. The number of fused-ring (bicyclic) bond motifs is 1. The molecule has 1 aliphatic rings. The quantitative estimate of drug-likeness (QED) is 0.656. The molecule has 0 spiro atoms. The number of hydrogen-bond donors (Lipinski definition) is 0. The molecule has 0 atom stereocenters. The Morgan fingerprint density at radius 3 is 3.00 bits per heavy atom. The van der Waals surface area contributed by atoms with Crippen molar-refractivity contribution in [2.24, 2.45) is 0 Å². The number of nitrogens with zero attached hydrogens (tertiary/aromatic N) is 1. The first-order chi connectivity index (χ1) is 5.98. The van der Waals surface area contributed by atoms with Crippen LogP contribution in [0.5, 0.6) is 5.88 Å². The van der Waals surface area contributed by atoms with Gasteiger partial charge in [-0.1, -0.05) is 0 Å². The number of pyridine rings is 1. The Morgan fingerprint density at radius 2 is 2.31 bits per heavy atom. The number of hydrogen-bond acceptors (Lipinski definition) is 2. The van der Waals surface area contributed by atoms with E-state index in [1.807, 2.05) is 13.8 Å². The molecule has 0 radical (unpaired) electrons. The minimum atomic E-state index is -0.517. The molecule has 2 rings (SSSR count). The van der Waals surface area contributed by atoms with Crippen molar-refractivity contribution < 1.29 is 9.13 Å². The molecule has 0 saturated heterocycles. The molecular weight excluding hydrogens is 237 g/mol. The first-order valence-electron chi connectivity index (χ1n) is 4.02. The summed E-state index contributed by atoms with van der Waals surface area (Å²) in [5.74, 6) is -0.0952. The normalized spacial score (nSPS) is 18.2. The monoisotopic (exact) mass is 245 g/mol. The van der Waals surface area contributed by atoms with Crippen LogP contribution in [-0.4, -0.2) is 10.6 Å². The van der Waals surface area contributed by atoms with Gasteiger partial charge in [-0.3, -0.25) is 0 Å². The Balaban J connectivity index is 2.48. The lowest BCUT2D eigenvalue weighted by Gasteiger charge is -2.15. The Hall–Kier alpha value is -0.640. The molecule has 13 heavy (non-hydrogen) atoms. The lowest BCUT2D eigenvalue weighted by Crippen LogP contribution is -2.24. The highest BCUT2D eigenvalue weighted by atomic mass is 79.9. The van der Waals surface area contributed by atoms with E-state index in [-0.39, 0.29) is 5.60 Å². The van der Waals surface area contributed by atoms with Gasteiger partial charge in [0.1, 0.15) is 5.60 Å². The molecule has 0 saturated carbocycles. The summed E-state index contributed by atoms with van der Waals surface area (Å²) in [7, 11) is 0. The van der Waals surface area contributed by atoms with E-state index in [9.17, 15) is 4.39 Å². The van der Waals surface area contributed by atoms with Crippen molar-refractivity contribution in [1.82, 2.24) is 4.98 Å². The number of halogens is 2. The molecule has 0 fully saturated rings. The highest BCUT2D eigenvalue weighted by Gasteiger charge is 2.32. The second-order valence-electron chi connectivity index (χ2n) is 3.76. The molecule has 70 valence electrons. The van der Waals surface area contributed by atoms with Crippen LogP contribution in [0.25, 0.3) is 0 Å². The number of rotatable bonds is 0. The van der Waals surface area contributed by atoms with Gasteiger partial charge in [0.15, 0.2) is 0 Å². The Kier molecular flexibility index (Phi) is 1.84. The SMILES string of the molecule is CC1(C)Cc2cc(Br)c(F)nc2O1. The van der Waals surface area contributed by atoms with Crippen LogP contribution in [0.3, 0.4) is 0 Å². The van der Waals surface area contributed by atoms with E-state index in [2.05, 4.69) is 20.9 Å². The van der Waals surface area contributed by atoms with Crippen LogP contribution >= 0.6 is 15.9 Å². The summed E-state index contributed by atoms with van der Waals surface area (Å²) in [5.41, 5.74) is 0.695. The lowest BCUT2D eigenvalue weighted by atomic mass is 10.0. The Morgan fingerprint density at radius 1 is 1.62 bits per heavy atom. The molecule has 0 bridgehead atoms. The van der Waals surface area contributed by atoms with Crippen molar-refractivity contribution in [2.45, 2.75) is 25.9 Å². The molecular formula is C9H9BrFNO. The average molecular weight is 246 g/mol. The van der Waals surface area contributed by atoms with Gasteiger partial charge >= 0.3 is 0 Å². The van der Waals surface area contributed by atoms with Crippen molar-refractivity contribution in [3.63, 3.8) is 0 Å². The maximum atomic E-state index is 13.0. The fourth-order valence-electron chi connectivity index (χ4n) is 1.46.